The molecule has 100 valence electrons. The molecule has 0 saturated carbocycles. The molecule has 4 heteroatoms. The molecule has 0 aliphatic rings. The van der Waals surface area contributed by atoms with Crippen LogP contribution in [0.25, 0.3) is 0 Å². The van der Waals surface area contributed by atoms with Gasteiger partial charge in [0.05, 0.1) is 6.04 Å². The van der Waals surface area contributed by atoms with Crippen LogP contribution in [0.1, 0.15) is 22.7 Å². The van der Waals surface area contributed by atoms with E-state index in [-0.39, 0.29) is 11.9 Å². The quantitative estimate of drug-likeness (QED) is 0.785. The van der Waals surface area contributed by atoms with Gasteiger partial charge in [0.15, 0.2) is 0 Å². The zero-order valence-electron chi connectivity index (χ0n) is 10.7. The summed E-state index contributed by atoms with van der Waals surface area (Å²) in [7, 11) is 1.83. The lowest BCUT2D eigenvalue weighted by atomic mass is 9.97. The molecule has 0 aliphatic carbocycles. The topological polar surface area (TPSA) is 12.0 Å². The van der Waals surface area contributed by atoms with Crippen molar-refractivity contribution >= 4 is 31.9 Å². The van der Waals surface area contributed by atoms with Crippen molar-refractivity contribution in [3.63, 3.8) is 0 Å². The predicted molar refractivity (Wildman–Crippen MR) is 83.9 cm³/mol. The van der Waals surface area contributed by atoms with E-state index in [1.54, 1.807) is 6.07 Å². The number of benzene rings is 2. The van der Waals surface area contributed by atoms with Gasteiger partial charge in [-0.1, -0.05) is 49.6 Å². The van der Waals surface area contributed by atoms with Crippen LogP contribution in [0.5, 0.6) is 0 Å². The van der Waals surface area contributed by atoms with Crippen LogP contribution in [-0.2, 0) is 0 Å². The summed E-state index contributed by atoms with van der Waals surface area (Å²) in [6.45, 7) is 2.03. The fourth-order valence-electron chi connectivity index (χ4n) is 2.10. The van der Waals surface area contributed by atoms with Crippen molar-refractivity contribution in [3.8, 4) is 0 Å². The third-order valence-corrected chi connectivity index (χ3v) is 4.24. The van der Waals surface area contributed by atoms with E-state index < -0.39 is 0 Å². The smallest absolute Gasteiger partial charge is 0.128 e. The van der Waals surface area contributed by atoms with Crippen LogP contribution >= 0.6 is 31.9 Å². The molecule has 1 unspecified atom stereocenters. The Labute approximate surface area is 129 Å². The summed E-state index contributed by atoms with van der Waals surface area (Å²) in [6.07, 6.45) is 0. The maximum atomic E-state index is 14.0. The highest BCUT2D eigenvalue weighted by molar-refractivity contribution is 9.10. The highest BCUT2D eigenvalue weighted by Crippen LogP contribution is 2.31. The maximum absolute atomic E-state index is 14.0. The van der Waals surface area contributed by atoms with Crippen LogP contribution in [0.4, 0.5) is 4.39 Å². The van der Waals surface area contributed by atoms with Gasteiger partial charge in [-0.2, -0.15) is 0 Å². The zero-order chi connectivity index (χ0) is 14.0. The monoisotopic (exact) mass is 385 g/mol. The van der Waals surface area contributed by atoms with E-state index in [0.717, 1.165) is 20.1 Å². The molecule has 0 radical (unpaired) electrons. The van der Waals surface area contributed by atoms with Crippen LogP contribution < -0.4 is 5.32 Å². The molecule has 0 fully saturated rings. The van der Waals surface area contributed by atoms with Crippen molar-refractivity contribution in [2.24, 2.45) is 0 Å². The Balaban J connectivity index is 2.55. The molecule has 0 amide bonds. The van der Waals surface area contributed by atoms with Crippen molar-refractivity contribution in [1.82, 2.24) is 5.32 Å². The summed E-state index contributed by atoms with van der Waals surface area (Å²) in [5.74, 6) is -0.212. The Bertz CT molecular complexity index is 547. The second kappa shape index (κ2) is 6.16. The largest absolute Gasteiger partial charge is 0.309 e. The summed E-state index contributed by atoms with van der Waals surface area (Å²) in [5, 5.41) is 3.18. The first-order chi connectivity index (χ1) is 9.02. The molecule has 1 nitrogen and oxygen atoms in total. The van der Waals surface area contributed by atoms with E-state index in [4.69, 9.17) is 0 Å². The fourth-order valence-corrected chi connectivity index (χ4v) is 2.95. The van der Waals surface area contributed by atoms with Gasteiger partial charge < -0.3 is 5.32 Å². The summed E-state index contributed by atoms with van der Waals surface area (Å²) in [5.41, 5.74) is 2.80. The minimum absolute atomic E-state index is 0.188. The molecule has 0 aromatic heterocycles. The summed E-state index contributed by atoms with van der Waals surface area (Å²) < 4.78 is 15.9. The Morgan fingerprint density at radius 1 is 1.05 bits per heavy atom. The average Bonchev–Trinajstić information content (AvgIpc) is 2.38. The van der Waals surface area contributed by atoms with Crippen molar-refractivity contribution < 1.29 is 4.39 Å². The first-order valence-corrected chi connectivity index (χ1v) is 7.50. The molecule has 0 saturated heterocycles. The van der Waals surface area contributed by atoms with Crippen molar-refractivity contribution in [1.29, 1.82) is 0 Å². The van der Waals surface area contributed by atoms with Crippen LogP contribution in [0.3, 0.4) is 0 Å². The lowest BCUT2D eigenvalue weighted by molar-refractivity contribution is 0.575. The number of rotatable bonds is 3. The summed E-state index contributed by atoms with van der Waals surface area (Å²) >= 11 is 6.93. The van der Waals surface area contributed by atoms with Crippen LogP contribution in [-0.4, -0.2) is 7.05 Å². The third kappa shape index (κ3) is 3.25. The van der Waals surface area contributed by atoms with Gasteiger partial charge in [-0.05, 0) is 43.8 Å². The number of aryl methyl sites for hydroxylation is 1. The van der Waals surface area contributed by atoms with E-state index in [0.29, 0.717) is 5.56 Å². The van der Waals surface area contributed by atoms with Gasteiger partial charge in [-0.15, -0.1) is 0 Å². The molecule has 2 aromatic rings. The van der Waals surface area contributed by atoms with E-state index in [9.17, 15) is 4.39 Å². The Morgan fingerprint density at radius 3 is 2.47 bits per heavy atom. The van der Waals surface area contributed by atoms with E-state index >= 15 is 0 Å². The summed E-state index contributed by atoms with van der Waals surface area (Å²) in [6, 6.07) is 10.9. The maximum Gasteiger partial charge on any atom is 0.128 e. The van der Waals surface area contributed by atoms with Crippen molar-refractivity contribution in [2.45, 2.75) is 13.0 Å². The Hall–Kier alpha value is -0.710. The summed E-state index contributed by atoms with van der Waals surface area (Å²) in [4.78, 5) is 0. The number of hydrogen-bond donors (Lipinski definition) is 1. The molecular formula is C15H14Br2FN. The van der Waals surface area contributed by atoms with E-state index in [1.807, 2.05) is 32.2 Å². The van der Waals surface area contributed by atoms with Crippen LogP contribution in [0.2, 0.25) is 0 Å². The lowest BCUT2D eigenvalue weighted by Crippen LogP contribution is -2.19. The molecule has 2 rings (SSSR count). The molecule has 0 aliphatic heterocycles. The van der Waals surface area contributed by atoms with E-state index in [2.05, 4.69) is 43.2 Å². The third-order valence-electron chi connectivity index (χ3n) is 3.02. The molecule has 1 atom stereocenters. The van der Waals surface area contributed by atoms with Gasteiger partial charge >= 0.3 is 0 Å². The van der Waals surface area contributed by atoms with Crippen LogP contribution in [0, 0.1) is 12.7 Å². The number of hydrogen-bond acceptors (Lipinski definition) is 1. The van der Waals surface area contributed by atoms with Gasteiger partial charge in [-0.25, -0.2) is 4.39 Å². The normalized spacial score (nSPS) is 12.5. The first kappa shape index (κ1) is 14.7. The lowest BCUT2D eigenvalue weighted by Gasteiger charge is -2.20. The second-order valence-corrected chi connectivity index (χ2v) is 6.18. The first-order valence-electron chi connectivity index (χ1n) is 5.91. The Morgan fingerprint density at radius 2 is 1.79 bits per heavy atom. The number of halogens is 3. The average molecular weight is 387 g/mol. The number of nitrogens with one attached hydrogen (secondary N) is 1. The second-order valence-electron chi connectivity index (χ2n) is 4.41. The highest BCUT2D eigenvalue weighted by Gasteiger charge is 2.19. The van der Waals surface area contributed by atoms with Gasteiger partial charge in [0, 0.05) is 14.5 Å². The standard InChI is InChI=1S/C15H14Br2FN/c1-9-3-5-13(17)11(7-9)15(19-2)12-8-10(16)4-6-14(12)18/h3-8,15,19H,1-2H3. The molecule has 0 bridgehead atoms. The van der Waals surface area contributed by atoms with Gasteiger partial charge in [0.1, 0.15) is 5.82 Å². The molecule has 19 heavy (non-hydrogen) atoms. The van der Waals surface area contributed by atoms with Crippen molar-refractivity contribution in [2.75, 3.05) is 7.05 Å². The minimum atomic E-state index is -0.212. The Kier molecular flexibility index (Phi) is 4.76. The van der Waals surface area contributed by atoms with Crippen LogP contribution in [0.15, 0.2) is 45.3 Å². The zero-order valence-corrected chi connectivity index (χ0v) is 13.8. The molecule has 1 N–H and O–H groups in total. The van der Waals surface area contributed by atoms with Gasteiger partial charge in [0.2, 0.25) is 0 Å². The van der Waals surface area contributed by atoms with Gasteiger partial charge in [0.25, 0.3) is 0 Å². The minimum Gasteiger partial charge on any atom is -0.309 e. The van der Waals surface area contributed by atoms with E-state index in [1.165, 1.54) is 6.07 Å². The van der Waals surface area contributed by atoms with Gasteiger partial charge in [-0.3, -0.25) is 0 Å². The molecule has 0 spiro atoms. The SMILES string of the molecule is CNC(c1cc(Br)ccc1F)c1cc(C)ccc1Br. The fraction of sp³-hybridized carbons (Fsp3) is 0.200. The molecule has 0 heterocycles. The molecule has 2 aromatic carbocycles. The van der Waals surface area contributed by atoms with Crippen molar-refractivity contribution in [3.05, 3.63) is 67.9 Å². The highest BCUT2D eigenvalue weighted by atomic mass is 79.9. The predicted octanol–water partition coefficient (Wildman–Crippen LogP) is 4.97. The molecular weight excluding hydrogens is 373 g/mol.